The van der Waals surface area contributed by atoms with Crippen molar-refractivity contribution in [1.29, 1.82) is 0 Å². The Labute approximate surface area is 139 Å². The third-order valence-corrected chi connectivity index (χ3v) is 3.09. The van der Waals surface area contributed by atoms with Crippen LogP contribution in [0.25, 0.3) is 0 Å². The van der Waals surface area contributed by atoms with E-state index in [9.17, 15) is 19.2 Å². The fourth-order valence-electron chi connectivity index (χ4n) is 1.92. The molecule has 4 amide bonds. The van der Waals surface area contributed by atoms with Gasteiger partial charge in [0.2, 0.25) is 5.91 Å². The summed E-state index contributed by atoms with van der Waals surface area (Å²) in [5.74, 6) is -1.70. The minimum absolute atomic E-state index is 0.138. The van der Waals surface area contributed by atoms with Gasteiger partial charge in [0.15, 0.2) is 6.10 Å². The molecule has 0 radical (unpaired) electrons. The molecule has 0 fully saturated rings. The molecule has 130 valence electrons. The molecule has 0 saturated carbocycles. The SMILES string of the molecule is CNC(=O)NC(=O)[C@@H](C)OC(=O)C[C@H](NC(C)=O)c1ccccc1. The number of hydrogen-bond acceptors (Lipinski definition) is 5. The smallest absolute Gasteiger partial charge is 0.321 e. The zero-order valence-corrected chi connectivity index (χ0v) is 13.8. The van der Waals surface area contributed by atoms with E-state index in [2.05, 4.69) is 10.6 Å². The van der Waals surface area contributed by atoms with E-state index < -0.39 is 30.1 Å². The molecule has 0 unspecified atom stereocenters. The van der Waals surface area contributed by atoms with Crippen LogP contribution in [0.4, 0.5) is 4.79 Å². The van der Waals surface area contributed by atoms with Gasteiger partial charge in [0, 0.05) is 14.0 Å². The van der Waals surface area contributed by atoms with Gasteiger partial charge in [-0.2, -0.15) is 0 Å². The quantitative estimate of drug-likeness (QED) is 0.660. The van der Waals surface area contributed by atoms with Crippen molar-refractivity contribution in [1.82, 2.24) is 16.0 Å². The molecule has 3 N–H and O–H groups in total. The summed E-state index contributed by atoms with van der Waals surface area (Å²) >= 11 is 0. The second-order valence-electron chi connectivity index (χ2n) is 5.07. The number of benzene rings is 1. The highest BCUT2D eigenvalue weighted by molar-refractivity contribution is 5.97. The first-order valence-corrected chi connectivity index (χ1v) is 7.37. The van der Waals surface area contributed by atoms with Gasteiger partial charge in [0.25, 0.3) is 5.91 Å². The topological polar surface area (TPSA) is 114 Å². The van der Waals surface area contributed by atoms with Gasteiger partial charge in [-0.05, 0) is 12.5 Å². The maximum absolute atomic E-state index is 12.0. The second kappa shape index (κ2) is 9.29. The third-order valence-electron chi connectivity index (χ3n) is 3.09. The molecule has 0 heterocycles. The molecular formula is C16H21N3O5. The normalized spacial score (nSPS) is 12.5. The molecule has 1 rings (SSSR count). The Morgan fingerprint density at radius 1 is 1.12 bits per heavy atom. The average molecular weight is 335 g/mol. The minimum Gasteiger partial charge on any atom is -0.452 e. The molecule has 1 aromatic carbocycles. The predicted octanol–water partition coefficient (Wildman–Crippen LogP) is 0.641. The zero-order chi connectivity index (χ0) is 18.1. The van der Waals surface area contributed by atoms with E-state index in [1.54, 1.807) is 24.3 Å². The van der Waals surface area contributed by atoms with E-state index in [4.69, 9.17) is 4.74 Å². The number of hydrogen-bond donors (Lipinski definition) is 3. The Morgan fingerprint density at radius 2 is 1.75 bits per heavy atom. The Kier molecular flexibility index (Phi) is 7.41. The van der Waals surface area contributed by atoms with Crippen molar-refractivity contribution < 1.29 is 23.9 Å². The molecule has 0 aliphatic heterocycles. The summed E-state index contributed by atoms with van der Waals surface area (Å²) in [5, 5.41) is 6.90. The van der Waals surface area contributed by atoms with E-state index in [0.29, 0.717) is 0 Å². The van der Waals surface area contributed by atoms with E-state index in [1.807, 2.05) is 11.4 Å². The number of carbonyl (C=O) groups excluding carboxylic acids is 4. The van der Waals surface area contributed by atoms with Gasteiger partial charge < -0.3 is 15.4 Å². The number of esters is 1. The van der Waals surface area contributed by atoms with Crippen LogP contribution in [0.5, 0.6) is 0 Å². The number of ether oxygens (including phenoxy) is 1. The van der Waals surface area contributed by atoms with Crippen molar-refractivity contribution >= 4 is 23.8 Å². The fraction of sp³-hybridized carbons (Fsp3) is 0.375. The molecular weight excluding hydrogens is 314 g/mol. The van der Waals surface area contributed by atoms with Gasteiger partial charge in [-0.15, -0.1) is 0 Å². The van der Waals surface area contributed by atoms with Crippen LogP contribution >= 0.6 is 0 Å². The lowest BCUT2D eigenvalue weighted by Crippen LogP contribution is -2.43. The highest BCUT2D eigenvalue weighted by Gasteiger charge is 2.23. The van der Waals surface area contributed by atoms with E-state index in [-0.39, 0.29) is 12.3 Å². The molecule has 0 aromatic heterocycles. The molecule has 2 atom stereocenters. The summed E-state index contributed by atoms with van der Waals surface area (Å²) in [5.41, 5.74) is 0.743. The van der Waals surface area contributed by atoms with Crippen molar-refractivity contribution in [2.75, 3.05) is 7.05 Å². The van der Waals surface area contributed by atoms with Crippen molar-refractivity contribution in [2.45, 2.75) is 32.4 Å². The Bertz CT molecular complexity index is 603. The number of nitrogens with one attached hydrogen (secondary N) is 3. The van der Waals surface area contributed by atoms with Crippen LogP contribution in [0.3, 0.4) is 0 Å². The van der Waals surface area contributed by atoms with Crippen LogP contribution in [0.1, 0.15) is 31.9 Å². The summed E-state index contributed by atoms with van der Waals surface area (Å²) in [6, 6.07) is 7.68. The number of imide groups is 1. The van der Waals surface area contributed by atoms with E-state index in [1.165, 1.54) is 20.9 Å². The molecule has 1 aromatic rings. The summed E-state index contributed by atoms with van der Waals surface area (Å²) in [6.45, 7) is 2.70. The third kappa shape index (κ3) is 6.47. The summed E-state index contributed by atoms with van der Waals surface area (Å²) in [6.07, 6.45) is -1.27. The summed E-state index contributed by atoms with van der Waals surface area (Å²) < 4.78 is 5.01. The minimum atomic E-state index is -1.14. The first-order chi connectivity index (χ1) is 11.3. The lowest BCUT2D eigenvalue weighted by atomic mass is 10.0. The Balaban J connectivity index is 2.66. The molecule has 0 aliphatic rings. The summed E-state index contributed by atoms with van der Waals surface area (Å²) in [7, 11) is 1.36. The van der Waals surface area contributed by atoms with Gasteiger partial charge in [-0.3, -0.25) is 19.7 Å². The monoisotopic (exact) mass is 335 g/mol. The second-order valence-corrected chi connectivity index (χ2v) is 5.07. The molecule has 0 saturated heterocycles. The highest BCUT2D eigenvalue weighted by Crippen LogP contribution is 2.17. The molecule has 0 spiro atoms. The molecule has 0 bridgehead atoms. The first kappa shape index (κ1) is 19.1. The van der Waals surface area contributed by atoms with E-state index >= 15 is 0 Å². The standard InChI is InChI=1S/C16H21N3O5/c1-10(15(22)19-16(23)17-3)24-14(21)9-13(18-11(2)20)12-7-5-4-6-8-12/h4-8,10,13H,9H2,1-3H3,(H,18,20)(H2,17,19,22,23)/t10-,13+/m1/s1. The number of urea groups is 1. The van der Waals surface area contributed by atoms with E-state index in [0.717, 1.165) is 5.56 Å². The van der Waals surface area contributed by atoms with Crippen molar-refractivity contribution in [3.63, 3.8) is 0 Å². The molecule has 8 heteroatoms. The van der Waals surface area contributed by atoms with Crippen molar-refractivity contribution in [3.8, 4) is 0 Å². The lowest BCUT2D eigenvalue weighted by Gasteiger charge is -2.19. The average Bonchev–Trinajstić information content (AvgIpc) is 2.54. The number of rotatable bonds is 6. The molecule has 24 heavy (non-hydrogen) atoms. The highest BCUT2D eigenvalue weighted by atomic mass is 16.5. The zero-order valence-electron chi connectivity index (χ0n) is 13.8. The largest absolute Gasteiger partial charge is 0.452 e. The van der Waals surface area contributed by atoms with Crippen molar-refractivity contribution in [2.24, 2.45) is 0 Å². The van der Waals surface area contributed by atoms with Gasteiger partial charge in [0.1, 0.15) is 0 Å². The molecule has 8 nitrogen and oxygen atoms in total. The van der Waals surface area contributed by atoms with Gasteiger partial charge in [0.05, 0.1) is 12.5 Å². The van der Waals surface area contributed by atoms with Crippen LogP contribution in [-0.4, -0.2) is 37.0 Å². The van der Waals surface area contributed by atoms with Crippen LogP contribution in [0.15, 0.2) is 30.3 Å². The van der Waals surface area contributed by atoms with Crippen molar-refractivity contribution in [3.05, 3.63) is 35.9 Å². The Hall–Kier alpha value is -2.90. The maximum Gasteiger partial charge on any atom is 0.321 e. The number of amides is 4. The number of carbonyl (C=O) groups is 4. The van der Waals surface area contributed by atoms with Crippen LogP contribution in [0, 0.1) is 0 Å². The lowest BCUT2D eigenvalue weighted by molar-refractivity contribution is -0.155. The Morgan fingerprint density at radius 3 is 2.29 bits per heavy atom. The van der Waals surface area contributed by atoms with Crippen LogP contribution in [-0.2, 0) is 19.1 Å². The van der Waals surface area contributed by atoms with Gasteiger partial charge in [-0.1, -0.05) is 30.3 Å². The van der Waals surface area contributed by atoms with Crippen LogP contribution in [0.2, 0.25) is 0 Å². The summed E-state index contributed by atoms with van der Waals surface area (Å²) in [4.78, 5) is 46.1. The van der Waals surface area contributed by atoms with Gasteiger partial charge in [-0.25, -0.2) is 4.79 Å². The fourth-order valence-corrected chi connectivity index (χ4v) is 1.92. The molecule has 0 aliphatic carbocycles. The first-order valence-electron chi connectivity index (χ1n) is 7.37. The van der Waals surface area contributed by atoms with Crippen LogP contribution < -0.4 is 16.0 Å². The van der Waals surface area contributed by atoms with Gasteiger partial charge >= 0.3 is 12.0 Å². The maximum atomic E-state index is 12.0. The predicted molar refractivity (Wildman–Crippen MR) is 85.8 cm³/mol.